The molecule has 4 nitrogen and oxygen atoms in total. The zero-order valence-corrected chi connectivity index (χ0v) is 17.8. The van der Waals surface area contributed by atoms with E-state index in [1.54, 1.807) is 4.74 Å². The van der Waals surface area contributed by atoms with Crippen molar-refractivity contribution in [3.63, 3.8) is 0 Å². The van der Waals surface area contributed by atoms with E-state index in [0.717, 1.165) is 0 Å². The largest absolute Gasteiger partial charge is 1.00 e. The minimum Gasteiger partial charge on any atom is -0.743 e. The summed E-state index contributed by atoms with van der Waals surface area (Å²) in [6.07, 6.45) is -13.9. The third kappa shape index (κ3) is 5.73. The number of ether oxygens (including phenoxy) is 1. The summed E-state index contributed by atoms with van der Waals surface area (Å²) in [5.74, 6) is -10.1. The monoisotopic (exact) mass is 516 g/mol. The van der Waals surface area contributed by atoms with Crippen LogP contribution in [0.2, 0.25) is 0 Å². The number of alkyl halides is 8. The smallest absolute Gasteiger partial charge is 0.743 e. The topological polar surface area (TPSA) is 66.4 Å². The van der Waals surface area contributed by atoms with Crippen molar-refractivity contribution >= 4 is 21.9 Å². The second kappa shape index (κ2) is 9.00. The van der Waals surface area contributed by atoms with Crippen molar-refractivity contribution in [2.45, 2.75) is 27.6 Å². The maximum absolute atomic E-state index is 13.4. The Morgan fingerprint density at radius 1 is 0.828 bits per heavy atom. The molecule has 1 aromatic rings. The van der Waals surface area contributed by atoms with Crippen LogP contribution in [-0.4, -0.2) is 35.7 Å². The second-order valence-electron chi connectivity index (χ2n) is 4.52. The Morgan fingerprint density at radius 2 is 1.21 bits per heavy atom. The summed E-state index contributed by atoms with van der Waals surface area (Å²) >= 11 is -2.15. The molecule has 29 heavy (non-hydrogen) atoms. The number of halogens is 12. The molecular formula is C10HF12KO4S2. The van der Waals surface area contributed by atoms with Gasteiger partial charge in [-0.2, -0.15) is 35.1 Å². The summed E-state index contributed by atoms with van der Waals surface area (Å²) in [4.78, 5) is -2.52. The number of hydrogen-bond acceptors (Lipinski definition) is 5. The Bertz CT molecular complexity index is 850. The maximum atomic E-state index is 13.4. The van der Waals surface area contributed by atoms with E-state index in [4.69, 9.17) is 0 Å². The van der Waals surface area contributed by atoms with E-state index in [1.807, 2.05) is 0 Å². The molecule has 0 atom stereocenters. The predicted octanol–water partition coefficient (Wildman–Crippen LogP) is 1.27. The van der Waals surface area contributed by atoms with E-state index >= 15 is 0 Å². The van der Waals surface area contributed by atoms with Crippen LogP contribution in [0.25, 0.3) is 0 Å². The Balaban J connectivity index is 0.00000784. The van der Waals surface area contributed by atoms with Gasteiger partial charge in [0.2, 0.25) is 0 Å². The molecule has 0 unspecified atom stereocenters. The fraction of sp³-hybridized carbons (Fsp3) is 0.400. The fourth-order valence-electron chi connectivity index (χ4n) is 1.25. The van der Waals surface area contributed by atoms with E-state index in [-0.39, 0.29) is 51.4 Å². The summed E-state index contributed by atoms with van der Waals surface area (Å²) in [6, 6.07) is -0.532. The van der Waals surface area contributed by atoms with E-state index in [0.29, 0.717) is 0 Å². The first kappa shape index (κ1) is 29.2. The van der Waals surface area contributed by atoms with Gasteiger partial charge in [-0.25, -0.2) is 30.7 Å². The SMILES string of the molecule is O=S(=O)([O-])C(F)(F)C(F)(F)OC(F)(F)C(F)(F)Sc1c(F)c(F)cc(F)c1F.[K+]. The van der Waals surface area contributed by atoms with Gasteiger partial charge in [0.15, 0.2) is 33.4 Å². The van der Waals surface area contributed by atoms with E-state index < -0.39 is 78.8 Å². The molecule has 162 valence electrons. The molecule has 1 aromatic carbocycles. The van der Waals surface area contributed by atoms with Gasteiger partial charge in [-0.05, 0) is 11.8 Å². The van der Waals surface area contributed by atoms with Gasteiger partial charge in [0, 0.05) is 6.07 Å². The summed E-state index contributed by atoms with van der Waals surface area (Å²) in [5, 5.41) is -13.3. The minimum atomic E-state index is -7.42. The van der Waals surface area contributed by atoms with Crippen molar-refractivity contribution < 1.29 is 122 Å². The van der Waals surface area contributed by atoms with Crippen molar-refractivity contribution in [3.8, 4) is 0 Å². The third-order valence-electron chi connectivity index (χ3n) is 2.55. The van der Waals surface area contributed by atoms with Crippen LogP contribution in [0, 0.1) is 23.3 Å². The second-order valence-corrected chi connectivity index (χ2v) is 7.07. The van der Waals surface area contributed by atoms with Crippen molar-refractivity contribution in [1.29, 1.82) is 0 Å². The molecule has 0 aliphatic rings. The van der Waals surface area contributed by atoms with E-state index in [9.17, 15) is 65.7 Å². The van der Waals surface area contributed by atoms with Crippen LogP contribution in [0.3, 0.4) is 0 Å². The van der Waals surface area contributed by atoms with Gasteiger partial charge < -0.3 is 4.55 Å². The number of thioether (sulfide) groups is 1. The Labute approximate surface area is 199 Å². The van der Waals surface area contributed by atoms with Crippen LogP contribution in [0.5, 0.6) is 0 Å². The number of rotatable bonds is 7. The Kier molecular flexibility index (Phi) is 9.08. The molecule has 0 radical (unpaired) electrons. The van der Waals surface area contributed by atoms with Crippen LogP contribution in [-0.2, 0) is 14.9 Å². The van der Waals surface area contributed by atoms with Gasteiger partial charge >= 0.3 is 74.1 Å². The molecule has 0 heterocycles. The molecule has 0 spiro atoms. The molecule has 0 fully saturated rings. The quantitative estimate of drug-likeness (QED) is 0.180. The van der Waals surface area contributed by atoms with Crippen molar-refractivity contribution in [1.82, 2.24) is 0 Å². The van der Waals surface area contributed by atoms with Crippen LogP contribution in [0.4, 0.5) is 52.7 Å². The van der Waals surface area contributed by atoms with Crippen LogP contribution < -0.4 is 51.4 Å². The van der Waals surface area contributed by atoms with Crippen molar-refractivity contribution in [2.75, 3.05) is 0 Å². The molecule has 19 heteroatoms. The van der Waals surface area contributed by atoms with Crippen LogP contribution in [0.15, 0.2) is 11.0 Å². The summed E-state index contributed by atoms with van der Waals surface area (Å²) in [6.45, 7) is 0. The molecular weight excluding hydrogens is 515 g/mol. The summed E-state index contributed by atoms with van der Waals surface area (Å²) in [5.41, 5.74) is 0. The maximum Gasteiger partial charge on any atom is 1.00 e. The molecule has 0 N–H and O–H groups in total. The summed E-state index contributed by atoms with van der Waals surface area (Å²) in [7, 11) is -7.42. The van der Waals surface area contributed by atoms with Gasteiger partial charge in [-0.3, -0.25) is 0 Å². The third-order valence-corrected chi connectivity index (χ3v) is 4.47. The molecule has 0 saturated heterocycles. The zero-order chi connectivity index (χ0) is 22.5. The van der Waals surface area contributed by atoms with E-state index in [2.05, 4.69) is 0 Å². The van der Waals surface area contributed by atoms with Gasteiger partial charge in [0.05, 0.1) is 4.90 Å². The first-order chi connectivity index (χ1) is 12.2. The van der Waals surface area contributed by atoms with Crippen LogP contribution in [0.1, 0.15) is 0 Å². The average Bonchev–Trinajstić information content (AvgIpc) is 2.47. The molecule has 0 saturated carbocycles. The van der Waals surface area contributed by atoms with Gasteiger partial charge in [0.1, 0.15) is 0 Å². The van der Waals surface area contributed by atoms with Gasteiger partial charge in [0.25, 0.3) is 0 Å². The molecule has 0 aromatic heterocycles. The molecule has 0 amide bonds. The zero-order valence-electron chi connectivity index (χ0n) is 13.1. The number of hydrogen-bond donors (Lipinski definition) is 0. The minimum absolute atomic E-state index is 0. The van der Waals surface area contributed by atoms with Gasteiger partial charge in [-0.1, -0.05) is 0 Å². The molecule has 0 bridgehead atoms. The predicted molar refractivity (Wildman–Crippen MR) is 62.7 cm³/mol. The first-order valence-corrected chi connectivity index (χ1v) is 8.09. The number of benzene rings is 1. The first-order valence-electron chi connectivity index (χ1n) is 5.87. The standard InChI is InChI=1S/C10H2F12O4S2.K/c11-2-1-3(12)5(14)6(4(2)13)27-9(19,20)7(15,16)26-8(17,18)10(21,22)28(23,24)25;/h1H,(H,23,24,25);/q;+1/p-1. The normalized spacial score (nSPS) is 14.0. The fourth-order valence-corrected chi connectivity index (χ4v) is 2.38. The van der Waals surface area contributed by atoms with Gasteiger partial charge in [-0.15, -0.1) is 0 Å². The Morgan fingerprint density at radius 3 is 1.55 bits per heavy atom. The summed E-state index contributed by atoms with van der Waals surface area (Å²) < 4.78 is 189. The van der Waals surface area contributed by atoms with Crippen molar-refractivity contribution in [2.24, 2.45) is 0 Å². The average molecular weight is 516 g/mol. The molecule has 1 rings (SSSR count). The molecule has 0 aliphatic carbocycles. The Hall–Kier alpha value is 0.236. The van der Waals surface area contributed by atoms with Crippen molar-refractivity contribution in [3.05, 3.63) is 29.3 Å². The van der Waals surface area contributed by atoms with E-state index in [1.165, 1.54) is 0 Å². The molecule has 0 aliphatic heterocycles. The van der Waals surface area contributed by atoms with Crippen LogP contribution >= 0.6 is 11.8 Å².